The number of allylic oxidation sites excluding steroid dienone is 1. The largest absolute Gasteiger partial charge is 0.288 e. The van der Waals surface area contributed by atoms with Gasteiger partial charge in [0.2, 0.25) is 0 Å². The standard InChI is InChI=1S/C13H8BrNO3S/c14-13-8-7-12(19-13)11(16)6-3-9-1-4-10(5-2-9)15(17)18/h1-8H/b6-3+. The second-order valence-corrected chi connectivity index (χ2v) is 6.11. The molecule has 6 heteroatoms. The van der Waals surface area contributed by atoms with Crippen molar-refractivity contribution >= 4 is 44.8 Å². The summed E-state index contributed by atoms with van der Waals surface area (Å²) in [6.45, 7) is 0. The van der Waals surface area contributed by atoms with Crippen molar-refractivity contribution in [2.75, 3.05) is 0 Å². The van der Waals surface area contributed by atoms with Crippen molar-refractivity contribution in [3.05, 3.63) is 66.8 Å². The topological polar surface area (TPSA) is 60.2 Å². The van der Waals surface area contributed by atoms with Crippen LogP contribution in [0.2, 0.25) is 0 Å². The Bertz CT molecular complexity index is 646. The molecule has 0 amide bonds. The van der Waals surface area contributed by atoms with E-state index >= 15 is 0 Å². The number of carbonyl (C=O) groups is 1. The monoisotopic (exact) mass is 337 g/mol. The maximum atomic E-state index is 11.8. The Morgan fingerprint density at radius 3 is 2.42 bits per heavy atom. The van der Waals surface area contributed by atoms with Crippen LogP contribution in [-0.4, -0.2) is 10.7 Å². The normalized spacial score (nSPS) is 10.8. The van der Waals surface area contributed by atoms with Gasteiger partial charge >= 0.3 is 0 Å². The van der Waals surface area contributed by atoms with Crippen LogP contribution in [0.4, 0.5) is 5.69 Å². The van der Waals surface area contributed by atoms with Crippen molar-refractivity contribution in [3.8, 4) is 0 Å². The number of halogens is 1. The minimum absolute atomic E-state index is 0.0330. The minimum Gasteiger partial charge on any atom is -0.288 e. The smallest absolute Gasteiger partial charge is 0.269 e. The lowest BCUT2D eigenvalue weighted by molar-refractivity contribution is -0.384. The van der Waals surface area contributed by atoms with E-state index in [1.807, 2.05) is 6.07 Å². The van der Waals surface area contributed by atoms with Gasteiger partial charge in [0.05, 0.1) is 13.6 Å². The third-order valence-electron chi connectivity index (χ3n) is 2.35. The molecule has 0 aliphatic heterocycles. The third kappa shape index (κ3) is 3.59. The van der Waals surface area contributed by atoms with Gasteiger partial charge in [0.15, 0.2) is 5.78 Å². The fourth-order valence-corrected chi connectivity index (χ4v) is 2.71. The van der Waals surface area contributed by atoms with Gasteiger partial charge in [-0.05, 0) is 51.8 Å². The summed E-state index contributed by atoms with van der Waals surface area (Å²) in [6, 6.07) is 9.59. The summed E-state index contributed by atoms with van der Waals surface area (Å²) in [4.78, 5) is 22.5. The van der Waals surface area contributed by atoms with Gasteiger partial charge in [-0.1, -0.05) is 6.08 Å². The van der Waals surface area contributed by atoms with E-state index in [1.165, 1.54) is 29.5 Å². The first-order chi connectivity index (χ1) is 9.06. The number of hydrogen-bond acceptors (Lipinski definition) is 4. The number of thiophene rings is 1. The van der Waals surface area contributed by atoms with Crippen molar-refractivity contribution in [3.63, 3.8) is 0 Å². The summed E-state index contributed by atoms with van der Waals surface area (Å²) in [5.74, 6) is -0.0888. The van der Waals surface area contributed by atoms with Gasteiger partial charge in [-0.25, -0.2) is 0 Å². The first-order valence-corrected chi connectivity index (χ1v) is 6.89. The summed E-state index contributed by atoms with van der Waals surface area (Å²) in [6.07, 6.45) is 3.10. The number of benzene rings is 1. The zero-order valence-electron chi connectivity index (χ0n) is 9.58. The van der Waals surface area contributed by atoms with Gasteiger partial charge in [0, 0.05) is 12.1 Å². The Morgan fingerprint density at radius 2 is 1.89 bits per heavy atom. The predicted octanol–water partition coefficient (Wildman–Crippen LogP) is 4.31. The maximum absolute atomic E-state index is 11.8. The van der Waals surface area contributed by atoms with Crippen molar-refractivity contribution in [2.45, 2.75) is 0 Å². The van der Waals surface area contributed by atoms with Crippen molar-refractivity contribution in [1.82, 2.24) is 0 Å². The summed E-state index contributed by atoms with van der Waals surface area (Å²) >= 11 is 4.66. The fraction of sp³-hybridized carbons (Fsp3) is 0. The van der Waals surface area contributed by atoms with E-state index < -0.39 is 4.92 Å². The number of ketones is 1. The quantitative estimate of drug-likeness (QED) is 0.361. The average molecular weight is 338 g/mol. The maximum Gasteiger partial charge on any atom is 0.269 e. The zero-order chi connectivity index (χ0) is 13.8. The fourth-order valence-electron chi connectivity index (χ4n) is 1.41. The van der Waals surface area contributed by atoms with Crippen LogP contribution in [-0.2, 0) is 0 Å². The second-order valence-electron chi connectivity index (χ2n) is 3.65. The van der Waals surface area contributed by atoms with E-state index in [4.69, 9.17) is 0 Å². The molecule has 19 heavy (non-hydrogen) atoms. The molecule has 0 saturated carbocycles. The molecule has 2 aromatic rings. The van der Waals surface area contributed by atoms with E-state index in [0.29, 0.717) is 4.88 Å². The highest BCUT2D eigenvalue weighted by atomic mass is 79.9. The molecule has 96 valence electrons. The Hall–Kier alpha value is -1.79. The highest BCUT2D eigenvalue weighted by molar-refractivity contribution is 9.11. The number of nitro groups is 1. The van der Waals surface area contributed by atoms with E-state index in [2.05, 4.69) is 15.9 Å². The number of hydrogen-bond donors (Lipinski definition) is 0. The van der Waals surface area contributed by atoms with E-state index in [-0.39, 0.29) is 11.5 Å². The molecular weight excluding hydrogens is 330 g/mol. The molecule has 0 atom stereocenters. The first-order valence-electron chi connectivity index (χ1n) is 5.28. The lowest BCUT2D eigenvalue weighted by Gasteiger charge is -1.93. The molecule has 4 nitrogen and oxygen atoms in total. The molecule has 0 aliphatic rings. The number of carbonyl (C=O) groups excluding carboxylic acids is 1. The van der Waals surface area contributed by atoms with Gasteiger partial charge in [0.25, 0.3) is 5.69 Å². The van der Waals surface area contributed by atoms with Gasteiger partial charge in [-0.3, -0.25) is 14.9 Å². The number of rotatable bonds is 4. The highest BCUT2D eigenvalue weighted by Gasteiger charge is 2.05. The number of nitro benzene ring substituents is 1. The van der Waals surface area contributed by atoms with Crippen molar-refractivity contribution < 1.29 is 9.72 Å². The Balaban J connectivity index is 2.10. The van der Waals surface area contributed by atoms with E-state index in [9.17, 15) is 14.9 Å². The molecule has 0 spiro atoms. The van der Waals surface area contributed by atoms with Crippen LogP contribution in [0.15, 0.2) is 46.3 Å². The van der Waals surface area contributed by atoms with Crippen LogP contribution < -0.4 is 0 Å². The SMILES string of the molecule is O=C(/C=C/c1ccc([N+](=O)[O-])cc1)c1ccc(Br)s1. The molecule has 2 rings (SSSR count). The molecule has 0 radical (unpaired) electrons. The summed E-state index contributed by atoms with van der Waals surface area (Å²) in [5.41, 5.74) is 0.778. The lowest BCUT2D eigenvalue weighted by atomic mass is 10.1. The molecule has 0 N–H and O–H groups in total. The first kappa shape index (κ1) is 13.6. The third-order valence-corrected chi connectivity index (χ3v) is 3.99. The van der Waals surface area contributed by atoms with Gasteiger partial charge in [0.1, 0.15) is 0 Å². The van der Waals surface area contributed by atoms with Crippen LogP contribution >= 0.6 is 27.3 Å². The van der Waals surface area contributed by atoms with Crippen LogP contribution in [0, 0.1) is 10.1 Å². The van der Waals surface area contributed by atoms with Crippen LogP contribution in [0.3, 0.4) is 0 Å². The molecular formula is C13H8BrNO3S. The van der Waals surface area contributed by atoms with E-state index in [0.717, 1.165) is 9.35 Å². The van der Waals surface area contributed by atoms with Gasteiger partial charge in [-0.2, -0.15) is 0 Å². The van der Waals surface area contributed by atoms with Crippen LogP contribution in [0.1, 0.15) is 15.2 Å². The molecule has 0 aliphatic carbocycles. The summed E-state index contributed by atoms with van der Waals surface area (Å²) < 4.78 is 0.902. The molecule has 1 heterocycles. The molecule has 1 aromatic heterocycles. The lowest BCUT2D eigenvalue weighted by Crippen LogP contribution is -1.89. The Morgan fingerprint density at radius 1 is 1.21 bits per heavy atom. The summed E-state index contributed by atoms with van der Waals surface area (Å²) in [7, 11) is 0. The zero-order valence-corrected chi connectivity index (χ0v) is 12.0. The van der Waals surface area contributed by atoms with Gasteiger partial charge < -0.3 is 0 Å². The molecule has 0 bridgehead atoms. The number of non-ortho nitro benzene ring substituents is 1. The summed E-state index contributed by atoms with van der Waals surface area (Å²) in [5, 5.41) is 10.5. The number of nitrogens with zero attached hydrogens (tertiary/aromatic N) is 1. The van der Waals surface area contributed by atoms with E-state index in [1.54, 1.807) is 24.3 Å². The highest BCUT2D eigenvalue weighted by Crippen LogP contribution is 2.23. The average Bonchev–Trinajstić information content (AvgIpc) is 2.83. The minimum atomic E-state index is -0.457. The van der Waals surface area contributed by atoms with Crippen molar-refractivity contribution in [2.24, 2.45) is 0 Å². The molecule has 0 fully saturated rings. The second kappa shape index (κ2) is 5.90. The molecule has 0 unspecified atom stereocenters. The Kier molecular flexibility index (Phi) is 4.24. The van der Waals surface area contributed by atoms with Crippen LogP contribution in [0.5, 0.6) is 0 Å². The van der Waals surface area contributed by atoms with Crippen molar-refractivity contribution in [1.29, 1.82) is 0 Å². The predicted molar refractivity (Wildman–Crippen MR) is 78.5 cm³/mol. The van der Waals surface area contributed by atoms with Crippen LogP contribution in [0.25, 0.3) is 6.08 Å². The Labute approximate surface area is 121 Å². The molecule has 1 aromatic carbocycles. The van der Waals surface area contributed by atoms with Gasteiger partial charge in [-0.15, -0.1) is 11.3 Å². The molecule has 0 saturated heterocycles.